The standard InChI is InChI=1S/C8H20N2O3S/c1-4-10(3)14(12,13)9-7-8(2)5-6-11/h8-9,11H,4-7H2,1-3H3. The van der Waals surface area contributed by atoms with E-state index < -0.39 is 10.2 Å². The molecule has 0 saturated heterocycles. The predicted molar refractivity (Wildman–Crippen MR) is 56.1 cm³/mol. The highest BCUT2D eigenvalue weighted by atomic mass is 32.2. The van der Waals surface area contributed by atoms with Crippen LogP contribution in [0.2, 0.25) is 0 Å². The third-order valence-electron chi connectivity index (χ3n) is 2.09. The van der Waals surface area contributed by atoms with Gasteiger partial charge in [-0.2, -0.15) is 12.7 Å². The van der Waals surface area contributed by atoms with Gasteiger partial charge in [0, 0.05) is 26.7 Å². The molecule has 0 aromatic rings. The summed E-state index contributed by atoms with van der Waals surface area (Å²) in [5.41, 5.74) is 0. The quantitative estimate of drug-likeness (QED) is 0.629. The molecule has 0 heterocycles. The van der Waals surface area contributed by atoms with Crippen LogP contribution in [-0.2, 0) is 10.2 Å². The number of hydrogen-bond acceptors (Lipinski definition) is 3. The summed E-state index contributed by atoms with van der Waals surface area (Å²) in [6.07, 6.45) is 0.609. The molecule has 0 aliphatic heterocycles. The fourth-order valence-corrected chi connectivity index (χ4v) is 1.91. The van der Waals surface area contributed by atoms with Crippen molar-refractivity contribution in [2.75, 3.05) is 26.7 Å². The average molecular weight is 224 g/mol. The molecule has 86 valence electrons. The van der Waals surface area contributed by atoms with Crippen LogP contribution in [0.25, 0.3) is 0 Å². The lowest BCUT2D eigenvalue weighted by Crippen LogP contribution is -2.40. The first-order valence-electron chi connectivity index (χ1n) is 4.75. The van der Waals surface area contributed by atoms with Crippen LogP contribution in [-0.4, -0.2) is 44.6 Å². The molecule has 0 saturated carbocycles. The van der Waals surface area contributed by atoms with Crippen LogP contribution < -0.4 is 4.72 Å². The van der Waals surface area contributed by atoms with Crippen LogP contribution in [0.1, 0.15) is 20.3 Å². The molecule has 6 heteroatoms. The molecule has 0 bridgehead atoms. The van der Waals surface area contributed by atoms with Crippen molar-refractivity contribution in [2.45, 2.75) is 20.3 Å². The molecule has 5 nitrogen and oxygen atoms in total. The maximum absolute atomic E-state index is 11.4. The fraction of sp³-hybridized carbons (Fsp3) is 1.00. The first kappa shape index (κ1) is 13.8. The topological polar surface area (TPSA) is 69.6 Å². The second-order valence-corrected chi connectivity index (χ2v) is 5.25. The Labute approximate surface area is 86.3 Å². The molecule has 0 aromatic carbocycles. The van der Waals surface area contributed by atoms with Gasteiger partial charge in [0.1, 0.15) is 0 Å². The number of aliphatic hydroxyl groups excluding tert-OH is 1. The summed E-state index contributed by atoms with van der Waals surface area (Å²) in [5.74, 6) is 0.153. The van der Waals surface area contributed by atoms with Crippen molar-refractivity contribution in [3.8, 4) is 0 Å². The second kappa shape index (κ2) is 6.34. The minimum atomic E-state index is -3.32. The normalized spacial score (nSPS) is 14.6. The zero-order valence-electron chi connectivity index (χ0n) is 9.02. The Hall–Kier alpha value is -0.170. The van der Waals surface area contributed by atoms with E-state index in [-0.39, 0.29) is 12.5 Å². The van der Waals surface area contributed by atoms with Gasteiger partial charge in [0.05, 0.1) is 0 Å². The smallest absolute Gasteiger partial charge is 0.279 e. The molecule has 1 unspecified atom stereocenters. The largest absolute Gasteiger partial charge is 0.396 e. The SMILES string of the molecule is CCN(C)S(=O)(=O)NCC(C)CCO. The fourth-order valence-electron chi connectivity index (χ4n) is 0.850. The summed E-state index contributed by atoms with van der Waals surface area (Å²) >= 11 is 0. The Balaban J connectivity index is 4.00. The van der Waals surface area contributed by atoms with Crippen molar-refractivity contribution >= 4 is 10.2 Å². The Morgan fingerprint density at radius 2 is 2.07 bits per heavy atom. The molecule has 0 radical (unpaired) electrons. The highest BCUT2D eigenvalue weighted by molar-refractivity contribution is 7.87. The third-order valence-corrected chi connectivity index (χ3v) is 3.70. The van der Waals surface area contributed by atoms with Crippen LogP contribution in [0, 0.1) is 5.92 Å². The number of nitrogens with zero attached hydrogens (tertiary/aromatic N) is 1. The summed E-state index contributed by atoms with van der Waals surface area (Å²) in [5, 5.41) is 8.63. The average Bonchev–Trinajstić information content (AvgIpc) is 2.14. The summed E-state index contributed by atoms with van der Waals surface area (Å²) < 4.78 is 26.6. The minimum absolute atomic E-state index is 0.0898. The molecule has 1 atom stereocenters. The lowest BCUT2D eigenvalue weighted by atomic mass is 10.1. The molecule has 2 N–H and O–H groups in total. The summed E-state index contributed by atoms with van der Waals surface area (Å²) in [7, 11) is -1.80. The summed E-state index contributed by atoms with van der Waals surface area (Å²) in [4.78, 5) is 0. The molecular formula is C8H20N2O3S. The van der Waals surface area contributed by atoms with Gasteiger partial charge >= 0.3 is 0 Å². The molecule has 0 fully saturated rings. The molecule has 14 heavy (non-hydrogen) atoms. The first-order chi connectivity index (χ1) is 6.44. The van der Waals surface area contributed by atoms with Crippen molar-refractivity contribution in [3.05, 3.63) is 0 Å². The number of rotatable bonds is 7. The van der Waals surface area contributed by atoms with Crippen LogP contribution in [0.5, 0.6) is 0 Å². The molecule has 0 rings (SSSR count). The van der Waals surface area contributed by atoms with Gasteiger partial charge in [-0.1, -0.05) is 13.8 Å². The number of nitrogens with one attached hydrogen (secondary N) is 1. The van der Waals surface area contributed by atoms with E-state index in [4.69, 9.17) is 5.11 Å². The van der Waals surface area contributed by atoms with E-state index in [0.717, 1.165) is 0 Å². The second-order valence-electron chi connectivity index (χ2n) is 3.39. The summed E-state index contributed by atoms with van der Waals surface area (Å²) in [6.45, 7) is 4.57. The van der Waals surface area contributed by atoms with E-state index in [1.54, 1.807) is 6.92 Å². The van der Waals surface area contributed by atoms with Gasteiger partial charge in [0.15, 0.2) is 0 Å². The van der Waals surface area contributed by atoms with E-state index in [1.807, 2.05) is 6.92 Å². The van der Waals surface area contributed by atoms with Crippen molar-refractivity contribution in [2.24, 2.45) is 5.92 Å². The van der Waals surface area contributed by atoms with E-state index >= 15 is 0 Å². The molecule has 0 aliphatic carbocycles. The van der Waals surface area contributed by atoms with Crippen molar-refractivity contribution in [1.82, 2.24) is 9.03 Å². The monoisotopic (exact) mass is 224 g/mol. The van der Waals surface area contributed by atoms with E-state index in [9.17, 15) is 8.42 Å². The Morgan fingerprint density at radius 3 is 2.50 bits per heavy atom. The van der Waals surface area contributed by atoms with E-state index in [0.29, 0.717) is 19.5 Å². The molecule has 0 aromatic heterocycles. The van der Waals surface area contributed by atoms with Crippen molar-refractivity contribution < 1.29 is 13.5 Å². The highest BCUT2D eigenvalue weighted by Gasteiger charge is 2.15. The van der Waals surface area contributed by atoms with Crippen LogP contribution in [0.15, 0.2) is 0 Å². The van der Waals surface area contributed by atoms with E-state index in [2.05, 4.69) is 4.72 Å². The van der Waals surface area contributed by atoms with Gasteiger partial charge in [-0.15, -0.1) is 0 Å². The first-order valence-corrected chi connectivity index (χ1v) is 6.19. The highest BCUT2D eigenvalue weighted by Crippen LogP contribution is 2.00. The minimum Gasteiger partial charge on any atom is -0.396 e. The van der Waals surface area contributed by atoms with Gasteiger partial charge in [-0.3, -0.25) is 0 Å². The van der Waals surface area contributed by atoms with Crippen molar-refractivity contribution in [1.29, 1.82) is 0 Å². The van der Waals surface area contributed by atoms with Gasteiger partial charge in [-0.25, -0.2) is 4.72 Å². The van der Waals surface area contributed by atoms with Gasteiger partial charge in [0.2, 0.25) is 0 Å². The third kappa shape index (κ3) is 4.90. The van der Waals surface area contributed by atoms with Crippen LogP contribution in [0.4, 0.5) is 0 Å². The predicted octanol–water partition coefficient (Wildman–Crippen LogP) is -0.209. The Bertz CT molecular complexity index is 241. The number of aliphatic hydroxyl groups is 1. The Morgan fingerprint density at radius 1 is 1.50 bits per heavy atom. The maximum Gasteiger partial charge on any atom is 0.279 e. The molecule has 0 spiro atoms. The molecular weight excluding hydrogens is 204 g/mol. The van der Waals surface area contributed by atoms with E-state index in [1.165, 1.54) is 11.4 Å². The number of hydrogen-bond donors (Lipinski definition) is 2. The lowest BCUT2D eigenvalue weighted by molar-refractivity contribution is 0.262. The van der Waals surface area contributed by atoms with Gasteiger partial charge in [0.25, 0.3) is 10.2 Å². The van der Waals surface area contributed by atoms with Crippen LogP contribution >= 0.6 is 0 Å². The van der Waals surface area contributed by atoms with Gasteiger partial charge < -0.3 is 5.11 Å². The maximum atomic E-state index is 11.4. The zero-order chi connectivity index (χ0) is 11.2. The van der Waals surface area contributed by atoms with Crippen molar-refractivity contribution in [3.63, 3.8) is 0 Å². The molecule has 0 amide bonds. The summed E-state index contributed by atoms with van der Waals surface area (Å²) in [6, 6.07) is 0. The lowest BCUT2D eigenvalue weighted by Gasteiger charge is -2.17. The molecule has 0 aliphatic rings. The Kier molecular flexibility index (Phi) is 6.26. The van der Waals surface area contributed by atoms with Gasteiger partial charge in [-0.05, 0) is 12.3 Å². The van der Waals surface area contributed by atoms with Crippen LogP contribution in [0.3, 0.4) is 0 Å². The zero-order valence-corrected chi connectivity index (χ0v) is 9.84.